The van der Waals surface area contributed by atoms with Crippen molar-refractivity contribution < 1.29 is 4.52 Å². The minimum atomic E-state index is 0.311. The van der Waals surface area contributed by atoms with Crippen molar-refractivity contribution in [1.82, 2.24) is 14.7 Å². The van der Waals surface area contributed by atoms with Crippen molar-refractivity contribution in [2.75, 3.05) is 5.73 Å². The number of imidazole rings is 1. The molecule has 0 atom stereocenters. The SMILES string of the molecule is Cc1ccc(-c2c(-c3nccn3C)noc2N)cc1C. The molecule has 5 nitrogen and oxygen atoms in total. The molecule has 1 aromatic carbocycles. The Labute approximate surface area is 117 Å². The van der Waals surface area contributed by atoms with Crippen LogP contribution in [0.15, 0.2) is 35.1 Å². The lowest BCUT2D eigenvalue weighted by atomic mass is 10.00. The van der Waals surface area contributed by atoms with Gasteiger partial charge in [0.2, 0.25) is 5.88 Å². The van der Waals surface area contributed by atoms with Crippen molar-refractivity contribution in [3.8, 4) is 22.6 Å². The molecule has 0 spiro atoms. The summed E-state index contributed by atoms with van der Waals surface area (Å²) in [5, 5.41) is 4.06. The summed E-state index contributed by atoms with van der Waals surface area (Å²) in [6.07, 6.45) is 3.59. The third kappa shape index (κ3) is 1.87. The third-order valence-corrected chi connectivity index (χ3v) is 3.55. The highest BCUT2D eigenvalue weighted by Crippen LogP contribution is 2.35. The second-order valence-electron chi connectivity index (χ2n) is 4.93. The summed E-state index contributed by atoms with van der Waals surface area (Å²) >= 11 is 0. The number of benzene rings is 1. The maximum absolute atomic E-state index is 5.95. The van der Waals surface area contributed by atoms with Gasteiger partial charge in [-0.15, -0.1) is 0 Å². The number of aryl methyl sites for hydroxylation is 3. The fraction of sp³-hybridized carbons (Fsp3) is 0.200. The lowest BCUT2D eigenvalue weighted by molar-refractivity contribution is 0.438. The van der Waals surface area contributed by atoms with E-state index in [2.05, 4.69) is 36.1 Å². The Balaban J connectivity index is 2.21. The zero-order valence-corrected chi connectivity index (χ0v) is 11.7. The van der Waals surface area contributed by atoms with Gasteiger partial charge >= 0.3 is 0 Å². The van der Waals surface area contributed by atoms with Crippen LogP contribution in [-0.2, 0) is 7.05 Å². The van der Waals surface area contributed by atoms with Crippen LogP contribution in [0.1, 0.15) is 11.1 Å². The van der Waals surface area contributed by atoms with Gasteiger partial charge < -0.3 is 14.8 Å². The molecular weight excluding hydrogens is 252 g/mol. The van der Waals surface area contributed by atoms with E-state index in [-0.39, 0.29) is 0 Å². The number of anilines is 1. The average molecular weight is 268 g/mol. The fourth-order valence-electron chi connectivity index (χ4n) is 2.23. The van der Waals surface area contributed by atoms with E-state index in [0.29, 0.717) is 11.6 Å². The predicted molar refractivity (Wildman–Crippen MR) is 78.0 cm³/mol. The van der Waals surface area contributed by atoms with E-state index in [4.69, 9.17) is 10.3 Å². The lowest BCUT2D eigenvalue weighted by Gasteiger charge is -2.06. The largest absolute Gasteiger partial charge is 0.367 e. The first-order valence-corrected chi connectivity index (χ1v) is 6.38. The Hall–Kier alpha value is -2.56. The Bertz CT molecular complexity index is 770. The Morgan fingerprint density at radius 3 is 2.65 bits per heavy atom. The van der Waals surface area contributed by atoms with Crippen molar-refractivity contribution in [2.24, 2.45) is 7.05 Å². The number of nitrogens with zero attached hydrogens (tertiary/aromatic N) is 3. The summed E-state index contributed by atoms with van der Waals surface area (Å²) in [5.41, 5.74) is 10.8. The molecule has 2 N–H and O–H groups in total. The van der Waals surface area contributed by atoms with E-state index in [1.165, 1.54) is 11.1 Å². The minimum Gasteiger partial charge on any atom is -0.367 e. The van der Waals surface area contributed by atoms with Gasteiger partial charge in [-0.25, -0.2) is 4.98 Å². The first kappa shape index (κ1) is 12.5. The van der Waals surface area contributed by atoms with E-state index in [1.807, 2.05) is 23.9 Å². The molecule has 20 heavy (non-hydrogen) atoms. The monoisotopic (exact) mass is 268 g/mol. The molecule has 0 saturated heterocycles. The second-order valence-corrected chi connectivity index (χ2v) is 4.93. The smallest absolute Gasteiger partial charge is 0.230 e. The van der Waals surface area contributed by atoms with Crippen molar-refractivity contribution in [3.05, 3.63) is 41.7 Å². The lowest BCUT2D eigenvalue weighted by Crippen LogP contribution is -1.95. The average Bonchev–Trinajstić information content (AvgIpc) is 2.99. The topological polar surface area (TPSA) is 69.9 Å². The van der Waals surface area contributed by atoms with Gasteiger partial charge in [0.05, 0.1) is 5.56 Å². The van der Waals surface area contributed by atoms with Gasteiger partial charge in [0.15, 0.2) is 11.5 Å². The van der Waals surface area contributed by atoms with Crippen molar-refractivity contribution in [2.45, 2.75) is 13.8 Å². The molecule has 0 unspecified atom stereocenters. The van der Waals surface area contributed by atoms with Gasteiger partial charge in [0, 0.05) is 19.4 Å². The number of nitrogens with two attached hydrogens (primary N) is 1. The van der Waals surface area contributed by atoms with Crippen LogP contribution in [0.5, 0.6) is 0 Å². The predicted octanol–water partition coefficient (Wildman–Crippen LogP) is 2.94. The molecule has 0 fully saturated rings. The molecule has 0 bridgehead atoms. The highest BCUT2D eigenvalue weighted by molar-refractivity contribution is 5.85. The number of hydrogen-bond acceptors (Lipinski definition) is 4. The maximum Gasteiger partial charge on any atom is 0.230 e. The van der Waals surface area contributed by atoms with Crippen LogP contribution in [-0.4, -0.2) is 14.7 Å². The first-order chi connectivity index (χ1) is 9.58. The molecule has 0 saturated carbocycles. The first-order valence-electron chi connectivity index (χ1n) is 6.38. The number of hydrogen-bond donors (Lipinski definition) is 1. The summed E-state index contributed by atoms with van der Waals surface area (Å²) in [4.78, 5) is 4.31. The third-order valence-electron chi connectivity index (χ3n) is 3.55. The summed E-state index contributed by atoms with van der Waals surface area (Å²) in [7, 11) is 1.91. The molecular formula is C15H16N4O. The van der Waals surface area contributed by atoms with Crippen molar-refractivity contribution in [3.63, 3.8) is 0 Å². The van der Waals surface area contributed by atoms with Crippen molar-refractivity contribution >= 4 is 5.88 Å². The molecule has 0 amide bonds. The Morgan fingerprint density at radius 2 is 2.00 bits per heavy atom. The maximum atomic E-state index is 5.95. The molecule has 102 valence electrons. The summed E-state index contributed by atoms with van der Waals surface area (Å²) in [5.74, 6) is 1.05. The van der Waals surface area contributed by atoms with Crippen LogP contribution in [0.3, 0.4) is 0 Å². The van der Waals surface area contributed by atoms with E-state index < -0.39 is 0 Å². The summed E-state index contributed by atoms with van der Waals surface area (Å²) < 4.78 is 7.06. The molecule has 0 radical (unpaired) electrons. The Morgan fingerprint density at radius 1 is 1.20 bits per heavy atom. The standard InChI is InChI=1S/C15H16N4O/c1-9-4-5-11(8-10(9)2)12-13(18-20-14(12)16)15-17-6-7-19(15)3/h4-8H,16H2,1-3H3. The normalized spacial score (nSPS) is 10.9. The van der Waals surface area contributed by atoms with E-state index in [1.54, 1.807) is 6.20 Å². The van der Waals surface area contributed by atoms with E-state index >= 15 is 0 Å². The quantitative estimate of drug-likeness (QED) is 0.775. The molecule has 3 rings (SSSR count). The molecule has 2 heterocycles. The van der Waals surface area contributed by atoms with Gasteiger partial charge in [-0.2, -0.15) is 0 Å². The van der Waals surface area contributed by atoms with Gasteiger partial charge in [-0.3, -0.25) is 0 Å². The zero-order chi connectivity index (χ0) is 14.3. The summed E-state index contributed by atoms with van der Waals surface area (Å²) in [6, 6.07) is 6.18. The van der Waals surface area contributed by atoms with Crippen molar-refractivity contribution in [1.29, 1.82) is 0 Å². The van der Waals surface area contributed by atoms with Gasteiger partial charge in [-0.05, 0) is 30.5 Å². The van der Waals surface area contributed by atoms with E-state index in [0.717, 1.165) is 17.0 Å². The molecule has 2 aromatic heterocycles. The van der Waals surface area contributed by atoms with Crippen LogP contribution in [0.2, 0.25) is 0 Å². The van der Waals surface area contributed by atoms with Crippen LogP contribution >= 0.6 is 0 Å². The number of nitrogen functional groups attached to an aromatic ring is 1. The molecule has 0 aliphatic carbocycles. The Kier molecular flexibility index (Phi) is 2.82. The van der Waals surface area contributed by atoms with Crippen LogP contribution in [0.4, 0.5) is 5.88 Å². The molecule has 3 aromatic rings. The van der Waals surface area contributed by atoms with Gasteiger partial charge in [0.25, 0.3) is 0 Å². The number of aromatic nitrogens is 3. The van der Waals surface area contributed by atoms with Crippen LogP contribution < -0.4 is 5.73 Å². The summed E-state index contributed by atoms with van der Waals surface area (Å²) in [6.45, 7) is 4.15. The molecule has 0 aliphatic heterocycles. The van der Waals surface area contributed by atoms with Crippen LogP contribution in [0.25, 0.3) is 22.6 Å². The van der Waals surface area contributed by atoms with Gasteiger partial charge in [-0.1, -0.05) is 23.4 Å². The number of rotatable bonds is 2. The van der Waals surface area contributed by atoms with E-state index in [9.17, 15) is 0 Å². The molecule has 0 aliphatic rings. The molecule has 5 heteroatoms. The fourth-order valence-corrected chi connectivity index (χ4v) is 2.23. The highest BCUT2D eigenvalue weighted by atomic mass is 16.5. The highest BCUT2D eigenvalue weighted by Gasteiger charge is 2.20. The minimum absolute atomic E-state index is 0.311. The van der Waals surface area contributed by atoms with Gasteiger partial charge in [0.1, 0.15) is 0 Å². The second kappa shape index (κ2) is 4.52. The van der Waals surface area contributed by atoms with Crippen LogP contribution in [0, 0.1) is 13.8 Å². The zero-order valence-electron chi connectivity index (χ0n) is 11.7.